The molecule has 0 bridgehead atoms. The van der Waals surface area contributed by atoms with Gasteiger partial charge in [0.05, 0.1) is 11.0 Å². The Balaban J connectivity index is 1.16. The smallest absolute Gasteiger partial charge is 0.0562 e. The van der Waals surface area contributed by atoms with Gasteiger partial charge in [-0.15, -0.1) is 11.3 Å². The van der Waals surface area contributed by atoms with Crippen LogP contribution in [0.4, 0.5) is 17.1 Å². The molecule has 0 atom stereocenters. The summed E-state index contributed by atoms with van der Waals surface area (Å²) in [6, 6.07) is 75.2. The van der Waals surface area contributed by atoms with Crippen molar-refractivity contribution in [3.05, 3.63) is 206 Å². The van der Waals surface area contributed by atoms with E-state index in [9.17, 15) is 0 Å². The third-order valence-electron chi connectivity index (χ3n) is 11.0. The number of rotatable bonds is 6. The van der Waals surface area contributed by atoms with E-state index in [1.165, 1.54) is 75.0 Å². The van der Waals surface area contributed by atoms with Crippen LogP contribution in [0, 0.1) is 0 Å². The summed E-state index contributed by atoms with van der Waals surface area (Å²) in [5, 5.41) is 7.60. The summed E-state index contributed by atoms with van der Waals surface area (Å²) < 4.78 is 5.03. The predicted molar refractivity (Wildman–Crippen MR) is 237 cm³/mol. The van der Waals surface area contributed by atoms with Crippen LogP contribution in [0.3, 0.4) is 0 Å². The second-order valence-corrected chi connectivity index (χ2v) is 15.2. The van der Waals surface area contributed by atoms with E-state index in [2.05, 4.69) is 216 Å². The lowest BCUT2D eigenvalue weighted by atomic mass is 9.94. The van der Waals surface area contributed by atoms with Gasteiger partial charge < -0.3 is 9.47 Å². The number of benzene rings is 9. The van der Waals surface area contributed by atoms with Crippen molar-refractivity contribution in [2.45, 2.75) is 0 Å². The predicted octanol–water partition coefficient (Wildman–Crippen LogP) is 15.1. The molecule has 55 heavy (non-hydrogen) atoms. The highest BCUT2D eigenvalue weighted by Gasteiger charge is 2.21. The lowest BCUT2D eigenvalue weighted by Gasteiger charge is -2.26. The average molecular weight is 719 g/mol. The average Bonchev–Trinajstić information content (AvgIpc) is 3.79. The van der Waals surface area contributed by atoms with Crippen LogP contribution in [0.2, 0.25) is 0 Å². The van der Waals surface area contributed by atoms with Gasteiger partial charge in [-0.25, -0.2) is 0 Å². The van der Waals surface area contributed by atoms with Crippen molar-refractivity contribution in [2.24, 2.45) is 0 Å². The molecule has 0 aliphatic heterocycles. The van der Waals surface area contributed by atoms with Crippen LogP contribution in [0.5, 0.6) is 0 Å². The van der Waals surface area contributed by atoms with Crippen molar-refractivity contribution in [3.63, 3.8) is 0 Å². The zero-order chi connectivity index (χ0) is 36.3. The van der Waals surface area contributed by atoms with Crippen LogP contribution in [0.25, 0.3) is 80.7 Å². The highest BCUT2D eigenvalue weighted by molar-refractivity contribution is 7.25. The molecule has 0 unspecified atom stereocenters. The van der Waals surface area contributed by atoms with Crippen molar-refractivity contribution in [2.75, 3.05) is 4.90 Å². The van der Waals surface area contributed by atoms with Gasteiger partial charge >= 0.3 is 0 Å². The Hall–Kier alpha value is -6.94. The Bertz CT molecular complexity index is 3190. The van der Waals surface area contributed by atoms with E-state index >= 15 is 0 Å². The van der Waals surface area contributed by atoms with Crippen LogP contribution in [-0.4, -0.2) is 4.57 Å². The SMILES string of the molecule is c1ccc(-c2ccc(N(c3ccc4c(c3)sc3ccccc34)c3ccc4c5c(-c6cccc7ccccc67)cccc5n(-c5ccccc5)c4c3)cc2)cc1. The summed E-state index contributed by atoms with van der Waals surface area (Å²) in [6.45, 7) is 0. The van der Waals surface area contributed by atoms with E-state index in [1.54, 1.807) is 0 Å². The molecule has 0 N–H and O–H groups in total. The highest BCUT2D eigenvalue weighted by atomic mass is 32.1. The molecule has 11 aromatic rings. The van der Waals surface area contributed by atoms with Gasteiger partial charge in [-0.1, -0.05) is 146 Å². The van der Waals surface area contributed by atoms with Crippen LogP contribution in [-0.2, 0) is 0 Å². The van der Waals surface area contributed by atoms with Crippen molar-refractivity contribution in [1.82, 2.24) is 4.57 Å². The first kappa shape index (κ1) is 31.6. The molecular formula is C52H34N2S. The van der Waals surface area contributed by atoms with Gasteiger partial charge in [0, 0.05) is 53.7 Å². The number of hydrogen-bond donors (Lipinski definition) is 0. The maximum absolute atomic E-state index is 2.44. The topological polar surface area (TPSA) is 8.17 Å². The van der Waals surface area contributed by atoms with Gasteiger partial charge in [0.2, 0.25) is 0 Å². The number of para-hydroxylation sites is 1. The Kier molecular flexibility index (Phi) is 7.39. The molecule has 3 heteroatoms. The van der Waals surface area contributed by atoms with Gasteiger partial charge in [-0.3, -0.25) is 0 Å². The van der Waals surface area contributed by atoms with Gasteiger partial charge in [-0.05, 0) is 93.7 Å². The normalized spacial score (nSPS) is 11.6. The Morgan fingerprint density at radius 3 is 1.80 bits per heavy atom. The fraction of sp³-hybridized carbons (Fsp3) is 0. The summed E-state index contributed by atoms with van der Waals surface area (Å²) in [7, 11) is 0. The first-order valence-electron chi connectivity index (χ1n) is 18.8. The monoisotopic (exact) mass is 718 g/mol. The minimum absolute atomic E-state index is 1.10. The second kappa shape index (κ2) is 12.9. The molecule has 2 nitrogen and oxygen atoms in total. The number of anilines is 3. The molecule has 11 rings (SSSR count). The molecule has 0 spiro atoms. The van der Waals surface area contributed by atoms with Crippen LogP contribution < -0.4 is 4.90 Å². The lowest BCUT2D eigenvalue weighted by molar-refractivity contribution is 1.18. The van der Waals surface area contributed by atoms with Gasteiger partial charge in [0.1, 0.15) is 0 Å². The Morgan fingerprint density at radius 2 is 0.964 bits per heavy atom. The van der Waals surface area contributed by atoms with E-state index in [-0.39, 0.29) is 0 Å². The summed E-state index contributed by atoms with van der Waals surface area (Å²) in [5.41, 5.74) is 11.7. The summed E-state index contributed by atoms with van der Waals surface area (Å²) in [6.07, 6.45) is 0. The van der Waals surface area contributed by atoms with Crippen molar-refractivity contribution in [3.8, 4) is 27.9 Å². The van der Waals surface area contributed by atoms with E-state index < -0.39 is 0 Å². The molecule has 0 aliphatic carbocycles. The highest BCUT2D eigenvalue weighted by Crippen LogP contribution is 2.45. The van der Waals surface area contributed by atoms with Gasteiger partial charge in [0.15, 0.2) is 0 Å². The van der Waals surface area contributed by atoms with E-state index in [0.717, 1.165) is 22.7 Å². The van der Waals surface area contributed by atoms with Crippen LogP contribution in [0.15, 0.2) is 206 Å². The fourth-order valence-electron chi connectivity index (χ4n) is 8.47. The molecule has 2 heterocycles. The summed E-state index contributed by atoms with van der Waals surface area (Å²) >= 11 is 1.86. The summed E-state index contributed by atoms with van der Waals surface area (Å²) in [4.78, 5) is 2.41. The molecule has 258 valence electrons. The Morgan fingerprint density at radius 1 is 0.364 bits per heavy atom. The van der Waals surface area contributed by atoms with Crippen molar-refractivity contribution in [1.29, 1.82) is 0 Å². The molecule has 0 fully saturated rings. The van der Waals surface area contributed by atoms with E-state index in [4.69, 9.17) is 0 Å². The minimum atomic E-state index is 1.10. The third-order valence-corrected chi connectivity index (χ3v) is 12.1. The van der Waals surface area contributed by atoms with E-state index in [1.807, 2.05) is 11.3 Å². The first-order chi connectivity index (χ1) is 27.3. The number of thiophene rings is 1. The standard InChI is InChI=1S/C52H34N2S/c1-3-13-35(14-4-1)36-25-27-39(28-26-36)53(41-29-31-45-44-20-9-10-24-50(44)55-51(45)34-41)40-30-32-47-49(33-40)54(38-17-5-2-6-18-38)48-23-12-22-46(52(47)48)43-21-11-16-37-15-7-8-19-42(37)43/h1-34H. The molecule has 0 saturated heterocycles. The molecule has 2 aromatic heterocycles. The van der Waals surface area contributed by atoms with Crippen molar-refractivity contribution >= 4 is 81.1 Å². The zero-order valence-corrected chi connectivity index (χ0v) is 30.7. The molecule has 0 amide bonds. The molecule has 0 aliphatic rings. The molecule has 9 aromatic carbocycles. The Labute approximate surface area is 323 Å². The maximum atomic E-state index is 2.44. The van der Waals surface area contributed by atoms with Crippen LogP contribution >= 0.6 is 11.3 Å². The number of fused-ring (bicyclic) bond motifs is 7. The largest absolute Gasteiger partial charge is 0.310 e. The number of nitrogens with zero attached hydrogens (tertiary/aromatic N) is 2. The lowest BCUT2D eigenvalue weighted by Crippen LogP contribution is -2.10. The number of hydrogen-bond acceptors (Lipinski definition) is 2. The van der Waals surface area contributed by atoms with E-state index in [0.29, 0.717) is 0 Å². The maximum Gasteiger partial charge on any atom is 0.0562 e. The molecule has 0 radical (unpaired) electrons. The molecule has 0 saturated carbocycles. The van der Waals surface area contributed by atoms with Gasteiger partial charge in [-0.2, -0.15) is 0 Å². The van der Waals surface area contributed by atoms with Gasteiger partial charge in [0.25, 0.3) is 0 Å². The fourth-order valence-corrected chi connectivity index (χ4v) is 9.61. The third kappa shape index (κ3) is 5.24. The quantitative estimate of drug-likeness (QED) is 0.166. The second-order valence-electron chi connectivity index (χ2n) is 14.1. The first-order valence-corrected chi connectivity index (χ1v) is 19.6. The minimum Gasteiger partial charge on any atom is -0.310 e. The zero-order valence-electron chi connectivity index (χ0n) is 29.9. The van der Waals surface area contributed by atoms with Crippen LogP contribution in [0.1, 0.15) is 0 Å². The number of aromatic nitrogens is 1. The molecular weight excluding hydrogens is 685 g/mol. The van der Waals surface area contributed by atoms with Crippen molar-refractivity contribution < 1.29 is 0 Å². The summed E-state index contributed by atoms with van der Waals surface area (Å²) in [5.74, 6) is 0.